The number of nitrogens with one attached hydrogen (secondary N) is 1. The van der Waals surface area contributed by atoms with Gasteiger partial charge in [0.05, 0.1) is 5.69 Å². The number of ketones is 1. The fourth-order valence-electron chi connectivity index (χ4n) is 4.26. The molecule has 0 atom stereocenters. The van der Waals surface area contributed by atoms with Crippen LogP contribution in [0, 0.1) is 0 Å². The molecule has 4 aromatic rings. The molecule has 160 valence electrons. The van der Waals surface area contributed by atoms with Gasteiger partial charge in [0, 0.05) is 43.0 Å². The van der Waals surface area contributed by atoms with E-state index in [9.17, 15) is 9.59 Å². The highest BCUT2D eigenvalue weighted by atomic mass is 16.2. The van der Waals surface area contributed by atoms with E-state index in [2.05, 4.69) is 33.3 Å². The molecule has 5 rings (SSSR count). The van der Waals surface area contributed by atoms with Crippen molar-refractivity contribution < 1.29 is 9.59 Å². The lowest BCUT2D eigenvalue weighted by Gasteiger charge is -2.36. The second-order valence-electron chi connectivity index (χ2n) is 8.08. The van der Waals surface area contributed by atoms with Gasteiger partial charge >= 0.3 is 0 Å². The van der Waals surface area contributed by atoms with E-state index in [-0.39, 0.29) is 11.7 Å². The molecule has 32 heavy (non-hydrogen) atoms. The van der Waals surface area contributed by atoms with Crippen LogP contribution in [0.2, 0.25) is 0 Å². The first-order chi connectivity index (χ1) is 15.6. The Morgan fingerprint density at radius 3 is 2.34 bits per heavy atom. The Kier molecular flexibility index (Phi) is 5.19. The van der Waals surface area contributed by atoms with Crippen LogP contribution in [-0.4, -0.2) is 53.0 Å². The maximum atomic E-state index is 13.1. The maximum Gasteiger partial charge on any atom is 0.272 e. The van der Waals surface area contributed by atoms with Gasteiger partial charge in [0.1, 0.15) is 5.69 Å². The van der Waals surface area contributed by atoms with Crippen LogP contribution in [0.3, 0.4) is 0 Å². The van der Waals surface area contributed by atoms with E-state index in [1.807, 2.05) is 59.5 Å². The smallest absolute Gasteiger partial charge is 0.272 e. The Labute approximate surface area is 186 Å². The molecule has 0 spiro atoms. The number of aromatic amines is 1. The topological polar surface area (TPSA) is 69.3 Å². The summed E-state index contributed by atoms with van der Waals surface area (Å²) < 4.78 is 0. The number of benzene rings is 3. The normalized spacial score (nSPS) is 14.0. The first-order valence-corrected chi connectivity index (χ1v) is 10.8. The monoisotopic (exact) mass is 424 g/mol. The molecule has 0 unspecified atom stereocenters. The fraction of sp³-hybridized carbons (Fsp3) is 0.192. The summed E-state index contributed by atoms with van der Waals surface area (Å²) >= 11 is 0. The highest BCUT2D eigenvalue weighted by Gasteiger charge is 2.24. The molecule has 2 heterocycles. The number of carbonyl (C=O) groups excluding carboxylic acids is 2. The van der Waals surface area contributed by atoms with Gasteiger partial charge in [-0.15, -0.1) is 0 Å². The van der Waals surface area contributed by atoms with E-state index in [0.29, 0.717) is 24.3 Å². The summed E-state index contributed by atoms with van der Waals surface area (Å²) in [6.07, 6.45) is 0. The third-order valence-electron chi connectivity index (χ3n) is 6.08. The Morgan fingerprint density at radius 1 is 0.875 bits per heavy atom. The molecule has 6 nitrogen and oxygen atoms in total. The number of nitrogens with zero attached hydrogens (tertiary/aromatic N) is 3. The van der Waals surface area contributed by atoms with Crippen LogP contribution in [-0.2, 0) is 0 Å². The number of anilines is 1. The third kappa shape index (κ3) is 3.75. The Hall–Kier alpha value is -3.93. The summed E-state index contributed by atoms with van der Waals surface area (Å²) in [5.74, 6) is 0.0324. The zero-order chi connectivity index (χ0) is 22.1. The summed E-state index contributed by atoms with van der Waals surface area (Å²) in [5.41, 5.74) is 4.07. The molecule has 1 aliphatic rings. The number of rotatable bonds is 4. The molecule has 1 N–H and O–H groups in total. The molecule has 1 saturated heterocycles. The number of hydrogen-bond acceptors (Lipinski definition) is 4. The van der Waals surface area contributed by atoms with Gasteiger partial charge in [-0.3, -0.25) is 14.7 Å². The predicted octanol–water partition coefficient (Wildman–Crippen LogP) is 4.39. The van der Waals surface area contributed by atoms with E-state index in [1.165, 1.54) is 0 Å². The standard InChI is InChI=1S/C26H24N4O2/c1-18(31)19-9-11-21(12-10-19)29-13-15-30(16-14-29)26(32)25-17-24(27-28-25)23-8-4-6-20-5-2-3-7-22(20)23/h2-12,17H,13-16H2,1H3,(H,27,28). The Bertz CT molecular complexity index is 1280. The van der Waals surface area contributed by atoms with Crippen LogP contribution < -0.4 is 4.90 Å². The number of H-pyrrole nitrogens is 1. The minimum Gasteiger partial charge on any atom is -0.368 e. The highest BCUT2D eigenvalue weighted by Crippen LogP contribution is 2.28. The Balaban J connectivity index is 1.28. The van der Waals surface area contributed by atoms with Gasteiger partial charge in [0.15, 0.2) is 5.78 Å². The molecule has 0 radical (unpaired) electrons. The second kappa shape index (κ2) is 8.30. The lowest BCUT2D eigenvalue weighted by Crippen LogP contribution is -2.48. The molecular weight excluding hydrogens is 400 g/mol. The van der Waals surface area contributed by atoms with Gasteiger partial charge in [0.25, 0.3) is 5.91 Å². The number of piperazine rings is 1. The zero-order valence-corrected chi connectivity index (χ0v) is 17.9. The number of carbonyl (C=O) groups is 2. The van der Waals surface area contributed by atoms with E-state index >= 15 is 0 Å². The third-order valence-corrected chi connectivity index (χ3v) is 6.08. The number of fused-ring (bicyclic) bond motifs is 1. The molecular formula is C26H24N4O2. The largest absolute Gasteiger partial charge is 0.368 e. The minimum atomic E-state index is -0.0319. The molecule has 0 saturated carbocycles. The summed E-state index contributed by atoms with van der Waals surface area (Å²) in [6, 6.07) is 23.8. The fourth-order valence-corrected chi connectivity index (χ4v) is 4.26. The van der Waals surface area contributed by atoms with Crippen LogP contribution in [0.4, 0.5) is 5.69 Å². The van der Waals surface area contributed by atoms with Crippen LogP contribution in [0.15, 0.2) is 72.8 Å². The molecule has 0 aliphatic carbocycles. The number of Topliss-reactive ketones (excluding diaryl/α,β-unsaturated/α-hetero) is 1. The van der Waals surface area contributed by atoms with Gasteiger partial charge in [-0.2, -0.15) is 5.10 Å². The van der Waals surface area contributed by atoms with Crippen molar-refractivity contribution in [1.82, 2.24) is 15.1 Å². The van der Waals surface area contributed by atoms with Crippen LogP contribution in [0.25, 0.3) is 22.0 Å². The van der Waals surface area contributed by atoms with Crippen LogP contribution in [0.5, 0.6) is 0 Å². The molecule has 1 amide bonds. The summed E-state index contributed by atoms with van der Waals surface area (Å²) in [4.78, 5) is 28.6. The molecule has 6 heteroatoms. The van der Waals surface area contributed by atoms with E-state index in [0.717, 1.165) is 40.8 Å². The van der Waals surface area contributed by atoms with Gasteiger partial charge < -0.3 is 9.80 Å². The molecule has 1 fully saturated rings. The van der Waals surface area contributed by atoms with Gasteiger partial charge in [-0.1, -0.05) is 42.5 Å². The maximum absolute atomic E-state index is 13.1. The first kappa shape index (κ1) is 20.0. The van der Waals surface area contributed by atoms with E-state index in [4.69, 9.17) is 0 Å². The van der Waals surface area contributed by atoms with Crippen molar-refractivity contribution in [2.75, 3.05) is 31.1 Å². The van der Waals surface area contributed by atoms with Crippen molar-refractivity contribution >= 4 is 28.2 Å². The SMILES string of the molecule is CC(=O)c1ccc(N2CCN(C(=O)c3cc(-c4cccc5ccccc45)n[nH]3)CC2)cc1. The van der Waals surface area contributed by atoms with Gasteiger partial charge in [-0.25, -0.2) is 0 Å². The summed E-state index contributed by atoms with van der Waals surface area (Å²) in [7, 11) is 0. The van der Waals surface area contributed by atoms with E-state index < -0.39 is 0 Å². The average Bonchev–Trinajstić information content (AvgIpc) is 3.33. The van der Waals surface area contributed by atoms with Crippen molar-refractivity contribution in [3.63, 3.8) is 0 Å². The second-order valence-corrected chi connectivity index (χ2v) is 8.08. The molecule has 1 aromatic heterocycles. The van der Waals surface area contributed by atoms with Crippen LogP contribution >= 0.6 is 0 Å². The quantitative estimate of drug-likeness (QED) is 0.493. The summed E-state index contributed by atoms with van der Waals surface area (Å²) in [6.45, 7) is 4.33. The van der Waals surface area contributed by atoms with E-state index in [1.54, 1.807) is 6.92 Å². The number of hydrogen-bond donors (Lipinski definition) is 1. The highest BCUT2D eigenvalue weighted by molar-refractivity contribution is 5.98. The predicted molar refractivity (Wildman–Crippen MR) is 126 cm³/mol. The zero-order valence-electron chi connectivity index (χ0n) is 17.9. The first-order valence-electron chi connectivity index (χ1n) is 10.8. The average molecular weight is 425 g/mol. The number of amides is 1. The van der Waals surface area contributed by atoms with Crippen molar-refractivity contribution in [2.24, 2.45) is 0 Å². The van der Waals surface area contributed by atoms with Crippen LogP contribution in [0.1, 0.15) is 27.8 Å². The van der Waals surface area contributed by atoms with Gasteiger partial charge in [-0.05, 0) is 48.0 Å². The molecule has 3 aromatic carbocycles. The summed E-state index contributed by atoms with van der Waals surface area (Å²) in [5, 5.41) is 9.63. The lowest BCUT2D eigenvalue weighted by molar-refractivity contribution is 0.0740. The molecule has 1 aliphatic heterocycles. The van der Waals surface area contributed by atoms with Crippen molar-refractivity contribution in [1.29, 1.82) is 0 Å². The van der Waals surface area contributed by atoms with Crippen molar-refractivity contribution in [3.05, 3.63) is 84.1 Å². The Morgan fingerprint density at radius 2 is 1.59 bits per heavy atom. The van der Waals surface area contributed by atoms with Crippen molar-refractivity contribution in [3.8, 4) is 11.3 Å². The lowest BCUT2D eigenvalue weighted by atomic mass is 10.0. The molecule has 0 bridgehead atoms. The van der Waals surface area contributed by atoms with Crippen molar-refractivity contribution in [2.45, 2.75) is 6.92 Å². The van der Waals surface area contributed by atoms with Gasteiger partial charge in [0.2, 0.25) is 0 Å². The number of aromatic nitrogens is 2. The minimum absolute atomic E-state index is 0.0319.